The third-order valence-electron chi connectivity index (χ3n) is 2.66. The predicted molar refractivity (Wildman–Crippen MR) is 72.4 cm³/mol. The van der Waals surface area contributed by atoms with Gasteiger partial charge in [-0.2, -0.15) is 0 Å². The average molecular weight is 275 g/mol. The summed E-state index contributed by atoms with van der Waals surface area (Å²) in [6.07, 6.45) is 3.98. The van der Waals surface area contributed by atoms with Crippen LogP contribution in [0.4, 0.5) is 4.39 Å². The van der Waals surface area contributed by atoms with E-state index < -0.39 is 11.8 Å². The molecule has 0 amide bonds. The van der Waals surface area contributed by atoms with Gasteiger partial charge in [0.05, 0.1) is 18.4 Å². The Morgan fingerprint density at radius 3 is 2.75 bits per heavy atom. The van der Waals surface area contributed by atoms with Crippen LogP contribution in [-0.2, 0) is 0 Å². The molecule has 1 aromatic carbocycles. The van der Waals surface area contributed by atoms with Crippen molar-refractivity contribution in [1.29, 1.82) is 0 Å². The van der Waals surface area contributed by atoms with Crippen LogP contribution in [0.3, 0.4) is 0 Å². The molecule has 2 aromatic rings. The van der Waals surface area contributed by atoms with Crippen LogP contribution in [0.15, 0.2) is 36.7 Å². The molecule has 2 rings (SSSR count). The molecule has 0 unspecified atom stereocenters. The summed E-state index contributed by atoms with van der Waals surface area (Å²) in [5.74, 6) is -1.19. The minimum absolute atomic E-state index is 0.0973. The number of pyridine rings is 1. The highest BCUT2D eigenvalue weighted by molar-refractivity contribution is 5.89. The number of rotatable bonds is 5. The number of halogens is 1. The van der Waals surface area contributed by atoms with Crippen LogP contribution in [0, 0.1) is 5.82 Å². The van der Waals surface area contributed by atoms with E-state index >= 15 is 0 Å². The van der Waals surface area contributed by atoms with Gasteiger partial charge in [-0.1, -0.05) is 6.92 Å². The van der Waals surface area contributed by atoms with E-state index in [1.54, 1.807) is 18.5 Å². The lowest BCUT2D eigenvalue weighted by molar-refractivity contribution is 0.0696. The summed E-state index contributed by atoms with van der Waals surface area (Å²) >= 11 is 0. The lowest BCUT2D eigenvalue weighted by atomic mass is 10.0. The zero-order valence-corrected chi connectivity index (χ0v) is 11.0. The van der Waals surface area contributed by atoms with E-state index in [2.05, 4.69) is 4.98 Å². The van der Waals surface area contributed by atoms with Crippen molar-refractivity contribution in [2.24, 2.45) is 0 Å². The molecule has 0 spiro atoms. The molecule has 5 heteroatoms. The number of carboxylic acids is 1. The topological polar surface area (TPSA) is 59.4 Å². The molecule has 104 valence electrons. The number of nitrogens with zero attached hydrogens (tertiary/aromatic N) is 1. The van der Waals surface area contributed by atoms with Gasteiger partial charge in [-0.15, -0.1) is 0 Å². The Balaban J connectivity index is 2.38. The Labute approximate surface area is 115 Å². The van der Waals surface area contributed by atoms with Gasteiger partial charge in [-0.3, -0.25) is 4.98 Å². The van der Waals surface area contributed by atoms with E-state index in [-0.39, 0.29) is 5.56 Å². The standard InChI is InChI=1S/C15H14FNO3/c1-2-3-20-14-7-12(8-17-9-14)10-4-11(15(18)19)6-13(16)5-10/h4-9H,2-3H2,1H3,(H,18,19). The number of hydrogen-bond acceptors (Lipinski definition) is 3. The monoisotopic (exact) mass is 275 g/mol. The van der Waals surface area contributed by atoms with Crippen molar-refractivity contribution < 1.29 is 19.0 Å². The van der Waals surface area contributed by atoms with Crippen molar-refractivity contribution in [1.82, 2.24) is 4.98 Å². The van der Waals surface area contributed by atoms with Gasteiger partial charge in [0.15, 0.2) is 0 Å². The summed E-state index contributed by atoms with van der Waals surface area (Å²) < 4.78 is 18.9. The molecule has 1 heterocycles. The Kier molecular flexibility index (Phi) is 4.30. The molecule has 0 bridgehead atoms. The third kappa shape index (κ3) is 3.32. The highest BCUT2D eigenvalue weighted by Gasteiger charge is 2.09. The van der Waals surface area contributed by atoms with Crippen molar-refractivity contribution >= 4 is 5.97 Å². The van der Waals surface area contributed by atoms with E-state index in [1.807, 2.05) is 6.92 Å². The van der Waals surface area contributed by atoms with Gasteiger partial charge in [0.1, 0.15) is 11.6 Å². The Hall–Kier alpha value is -2.43. The maximum Gasteiger partial charge on any atom is 0.335 e. The van der Waals surface area contributed by atoms with E-state index in [0.717, 1.165) is 12.5 Å². The largest absolute Gasteiger partial charge is 0.492 e. The molecule has 0 saturated carbocycles. The van der Waals surface area contributed by atoms with Crippen LogP contribution >= 0.6 is 0 Å². The van der Waals surface area contributed by atoms with Gasteiger partial charge < -0.3 is 9.84 Å². The summed E-state index contributed by atoms with van der Waals surface area (Å²) in [5, 5.41) is 8.94. The number of carbonyl (C=O) groups is 1. The molecule has 20 heavy (non-hydrogen) atoms. The molecule has 1 aromatic heterocycles. The third-order valence-corrected chi connectivity index (χ3v) is 2.66. The van der Waals surface area contributed by atoms with Gasteiger partial charge in [-0.25, -0.2) is 9.18 Å². The zero-order valence-electron chi connectivity index (χ0n) is 11.0. The number of aromatic nitrogens is 1. The second-order valence-electron chi connectivity index (χ2n) is 4.29. The lowest BCUT2D eigenvalue weighted by Crippen LogP contribution is -1.98. The summed E-state index contributed by atoms with van der Waals surface area (Å²) in [4.78, 5) is 15.0. The summed E-state index contributed by atoms with van der Waals surface area (Å²) in [6.45, 7) is 2.55. The maximum atomic E-state index is 13.5. The molecule has 0 fully saturated rings. The summed E-state index contributed by atoms with van der Waals surface area (Å²) in [5.41, 5.74) is 0.970. The number of ether oxygens (including phenoxy) is 1. The molecule has 0 radical (unpaired) electrons. The smallest absolute Gasteiger partial charge is 0.335 e. The van der Waals surface area contributed by atoms with Gasteiger partial charge in [0.25, 0.3) is 0 Å². The SMILES string of the molecule is CCCOc1cncc(-c2cc(F)cc(C(=O)O)c2)c1. The first kappa shape index (κ1) is 14.0. The fraction of sp³-hybridized carbons (Fsp3) is 0.200. The maximum absolute atomic E-state index is 13.5. The summed E-state index contributed by atoms with van der Waals surface area (Å²) in [7, 11) is 0. The molecule has 0 aliphatic heterocycles. The van der Waals surface area contributed by atoms with Crippen LogP contribution in [-0.4, -0.2) is 22.7 Å². The first-order valence-electron chi connectivity index (χ1n) is 6.22. The van der Waals surface area contributed by atoms with Crippen molar-refractivity contribution in [3.63, 3.8) is 0 Å². The number of benzene rings is 1. The van der Waals surface area contributed by atoms with Crippen LogP contribution in [0.5, 0.6) is 5.75 Å². The zero-order chi connectivity index (χ0) is 14.5. The van der Waals surface area contributed by atoms with Crippen LogP contribution in [0.2, 0.25) is 0 Å². The van der Waals surface area contributed by atoms with Crippen LogP contribution in [0.1, 0.15) is 23.7 Å². The quantitative estimate of drug-likeness (QED) is 0.908. The lowest BCUT2D eigenvalue weighted by Gasteiger charge is -2.07. The van der Waals surface area contributed by atoms with Crippen molar-refractivity contribution in [3.05, 3.63) is 48.0 Å². The first-order valence-corrected chi connectivity index (χ1v) is 6.22. The molecule has 0 aliphatic carbocycles. The second-order valence-corrected chi connectivity index (χ2v) is 4.29. The van der Waals surface area contributed by atoms with Gasteiger partial charge in [0.2, 0.25) is 0 Å². The van der Waals surface area contributed by atoms with Crippen molar-refractivity contribution in [2.45, 2.75) is 13.3 Å². The minimum Gasteiger partial charge on any atom is -0.492 e. The van der Waals surface area contributed by atoms with E-state index in [1.165, 1.54) is 12.1 Å². The minimum atomic E-state index is -1.17. The molecular formula is C15H14FNO3. The Morgan fingerprint density at radius 1 is 1.25 bits per heavy atom. The predicted octanol–water partition coefficient (Wildman–Crippen LogP) is 3.37. The van der Waals surface area contributed by atoms with E-state index in [0.29, 0.717) is 23.5 Å². The van der Waals surface area contributed by atoms with E-state index in [9.17, 15) is 9.18 Å². The molecule has 4 nitrogen and oxygen atoms in total. The average Bonchev–Trinajstić information content (AvgIpc) is 2.44. The summed E-state index contributed by atoms with van der Waals surface area (Å²) in [6, 6.07) is 5.37. The normalized spacial score (nSPS) is 10.3. The van der Waals surface area contributed by atoms with Gasteiger partial charge in [0, 0.05) is 11.8 Å². The molecule has 0 saturated heterocycles. The highest BCUT2D eigenvalue weighted by atomic mass is 19.1. The molecule has 0 aliphatic rings. The van der Waals surface area contributed by atoms with Crippen LogP contribution in [0.25, 0.3) is 11.1 Å². The number of carboxylic acid groups (broad SMARTS) is 1. The van der Waals surface area contributed by atoms with Gasteiger partial charge in [-0.05, 0) is 36.2 Å². The van der Waals surface area contributed by atoms with E-state index in [4.69, 9.17) is 9.84 Å². The molecule has 0 atom stereocenters. The van der Waals surface area contributed by atoms with Crippen molar-refractivity contribution in [3.8, 4) is 16.9 Å². The fourth-order valence-electron chi connectivity index (χ4n) is 1.76. The fourth-order valence-corrected chi connectivity index (χ4v) is 1.76. The Morgan fingerprint density at radius 2 is 2.05 bits per heavy atom. The Bertz CT molecular complexity index is 628. The number of aromatic carboxylic acids is 1. The van der Waals surface area contributed by atoms with Crippen molar-refractivity contribution in [2.75, 3.05) is 6.61 Å². The van der Waals surface area contributed by atoms with Crippen LogP contribution < -0.4 is 4.74 Å². The number of hydrogen-bond donors (Lipinski definition) is 1. The molecule has 1 N–H and O–H groups in total. The van der Waals surface area contributed by atoms with Gasteiger partial charge >= 0.3 is 5.97 Å². The first-order chi connectivity index (χ1) is 9.60. The highest BCUT2D eigenvalue weighted by Crippen LogP contribution is 2.24. The second kappa shape index (κ2) is 6.14. The molecular weight excluding hydrogens is 261 g/mol.